The second-order valence-electron chi connectivity index (χ2n) is 4.89. The quantitative estimate of drug-likeness (QED) is 0.858. The first kappa shape index (κ1) is 13.5. The summed E-state index contributed by atoms with van der Waals surface area (Å²) in [5.74, 6) is 1.50. The van der Waals surface area contributed by atoms with Gasteiger partial charge in [-0.1, -0.05) is 19.8 Å². The molecule has 2 rings (SSSR count). The first-order valence-corrected chi connectivity index (χ1v) is 7.81. The van der Waals surface area contributed by atoms with E-state index in [4.69, 9.17) is 5.73 Å². The Kier molecular flexibility index (Phi) is 4.32. The zero-order valence-electron chi connectivity index (χ0n) is 11.2. The number of aromatic nitrogens is 2. The van der Waals surface area contributed by atoms with Crippen LogP contribution in [0, 0.1) is 0 Å². The zero-order valence-corrected chi connectivity index (χ0v) is 12.0. The maximum Gasteiger partial charge on any atom is 0.134 e. The van der Waals surface area contributed by atoms with E-state index in [0.717, 1.165) is 24.3 Å². The minimum absolute atomic E-state index is 0.380. The molecule has 0 aromatic carbocycles. The van der Waals surface area contributed by atoms with E-state index >= 15 is 0 Å². The Hall–Kier alpha value is -0.970. The lowest BCUT2D eigenvalue weighted by Gasteiger charge is -2.27. The molecule has 18 heavy (non-hydrogen) atoms. The summed E-state index contributed by atoms with van der Waals surface area (Å²) in [6, 6.07) is 0. The van der Waals surface area contributed by atoms with E-state index in [1.807, 2.05) is 11.8 Å². The Labute approximate surface area is 113 Å². The predicted molar refractivity (Wildman–Crippen MR) is 79.0 cm³/mol. The summed E-state index contributed by atoms with van der Waals surface area (Å²) in [7, 11) is 0. The first-order chi connectivity index (χ1) is 8.71. The summed E-state index contributed by atoms with van der Waals surface area (Å²) >= 11 is 1.98. The minimum Gasteiger partial charge on any atom is -0.383 e. The number of nitrogens with one attached hydrogen (secondary N) is 1. The third-order valence-electron chi connectivity index (χ3n) is 3.86. The summed E-state index contributed by atoms with van der Waals surface area (Å²) in [6.45, 7) is 3.05. The SMILES string of the molecule is CCc1c(N)ncnc1NCC1(SC)CCCC1. The summed E-state index contributed by atoms with van der Waals surface area (Å²) in [4.78, 5) is 8.37. The Balaban J connectivity index is 2.08. The Bertz CT molecular complexity index is 402. The fraction of sp³-hybridized carbons (Fsp3) is 0.692. The van der Waals surface area contributed by atoms with Crippen molar-refractivity contribution >= 4 is 23.4 Å². The number of nitrogen functional groups attached to an aromatic ring is 1. The molecule has 0 bridgehead atoms. The van der Waals surface area contributed by atoms with Gasteiger partial charge in [-0.3, -0.25) is 0 Å². The van der Waals surface area contributed by atoms with Crippen molar-refractivity contribution in [1.82, 2.24) is 9.97 Å². The van der Waals surface area contributed by atoms with Crippen molar-refractivity contribution in [2.24, 2.45) is 0 Å². The number of anilines is 2. The van der Waals surface area contributed by atoms with Crippen molar-refractivity contribution in [2.75, 3.05) is 23.9 Å². The van der Waals surface area contributed by atoms with Crippen LogP contribution in [-0.4, -0.2) is 27.5 Å². The van der Waals surface area contributed by atoms with Crippen molar-refractivity contribution in [2.45, 2.75) is 43.8 Å². The number of hydrogen-bond acceptors (Lipinski definition) is 5. The normalized spacial score (nSPS) is 17.9. The Morgan fingerprint density at radius 1 is 1.39 bits per heavy atom. The van der Waals surface area contributed by atoms with Crippen LogP contribution in [0.25, 0.3) is 0 Å². The van der Waals surface area contributed by atoms with Gasteiger partial charge in [0, 0.05) is 16.9 Å². The maximum atomic E-state index is 5.88. The molecule has 1 aromatic heterocycles. The van der Waals surface area contributed by atoms with E-state index in [9.17, 15) is 0 Å². The van der Waals surface area contributed by atoms with Gasteiger partial charge in [0.15, 0.2) is 0 Å². The third-order valence-corrected chi connectivity index (χ3v) is 5.28. The molecule has 4 nitrogen and oxygen atoms in total. The zero-order chi connectivity index (χ0) is 13.0. The van der Waals surface area contributed by atoms with Crippen LogP contribution in [0.3, 0.4) is 0 Å². The molecule has 0 unspecified atom stereocenters. The van der Waals surface area contributed by atoms with E-state index in [0.29, 0.717) is 10.6 Å². The summed E-state index contributed by atoms with van der Waals surface area (Å²) < 4.78 is 0.380. The Morgan fingerprint density at radius 3 is 2.72 bits per heavy atom. The molecule has 1 aliphatic carbocycles. The molecule has 0 saturated heterocycles. The van der Waals surface area contributed by atoms with Crippen LogP contribution in [-0.2, 0) is 6.42 Å². The molecule has 0 atom stereocenters. The molecule has 0 spiro atoms. The van der Waals surface area contributed by atoms with Gasteiger partial charge in [0.1, 0.15) is 18.0 Å². The van der Waals surface area contributed by atoms with Crippen LogP contribution in [0.4, 0.5) is 11.6 Å². The van der Waals surface area contributed by atoms with E-state index < -0.39 is 0 Å². The lowest BCUT2D eigenvalue weighted by Crippen LogP contribution is -2.30. The highest BCUT2D eigenvalue weighted by Crippen LogP contribution is 2.40. The molecule has 1 heterocycles. The number of rotatable bonds is 5. The molecule has 0 aliphatic heterocycles. The average Bonchev–Trinajstić information content (AvgIpc) is 2.86. The van der Waals surface area contributed by atoms with Crippen LogP contribution >= 0.6 is 11.8 Å². The van der Waals surface area contributed by atoms with Crippen LogP contribution in [0.2, 0.25) is 0 Å². The van der Waals surface area contributed by atoms with E-state index in [1.54, 1.807) is 0 Å². The van der Waals surface area contributed by atoms with E-state index in [1.165, 1.54) is 32.0 Å². The molecular formula is C13H22N4S. The maximum absolute atomic E-state index is 5.88. The van der Waals surface area contributed by atoms with Crippen molar-refractivity contribution in [3.8, 4) is 0 Å². The second kappa shape index (κ2) is 5.78. The van der Waals surface area contributed by atoms with Crippen molar-refractivity contribution in [3.63, 3.8) is 0 Å². The molecule has 1 saturated carbocycles. The van der Waals surface area contributed by atoms with E-state index in [2.05, 4.69) is 28.5 Å². The highest BCUT2D eigenvalue weighted by atomic mass is 32.2. The number of hydrogen-bond donors (Lipinski definition) is 2. The van der Waals surface area contributed by atoms with Crippen molar-refractivity contribution < 1.29 is 0 Å². The van der Waals surface area contributed by atoms with Crippen LogP contribution < -0.4 is 11.1 Å². The number of nitrogens with zero attached hydrogens (tertiary/aromatic N) is 2. The van der Waals surface area contributed by atoms with E-state index in [-0.39, 0.29) is 0 Å². The molecule has 1 aromatic rings. The molecule has 3 N–H and O–H groups in total. The topological polar surface area (TPSA) is 63.8 Å². The summed E-state index contributed by atoms with van der Waals surface area (Å²) in [5.41, 5.74) is 6.92. The largest absolute Gasteiger partial charge is 0.383 e. The van der Waals surface area contributed by atoms with Gasteiger partial charge in [-0.15, -0.1) is 0 Å². The van der Waals surface area contributed by atoms with Gasteiger partial charge in [-0.25, -0.2) is 9.97 Å². The fourth-order valence-corrected chi connectivity index (χ4v) is 3.56. The highest BCUT2D eigenvalue weighted by Gasteiger charge is 2.32. The number of thioether (sulfide) groups is 1. The van der Waals surface area contributed by atoms with Crippen LogP contribution in [0.15, 0.2) is 6.33 Å². The molecule has 100 valence electrons. The van der Waals surface area contributed by atoms with Crippen LogP contribution in [0.5, 0.6) is 0 Å². The van der Waals surface area contributed by atoms with Gasteiger partial charge in [-0.05, 0) is 25.5 Å². The van der Waals surface area contributed by atoms with Gasteiger partial charge in [-0.2, -0.15) is 11.8 Å². The molecule has 1 aliphatic rings. The lowest BCUT2D eigenvalue weighted by molar-refractivity contribution is 0.638. The third kappa shape index (κ3) is 2.71. The second-order valence-corrected chi connectivity index (χ2v) is 6.16. The molecule has 5 heteroatoms. The Morgan fingerprint density at radius 2 is 2.11 bits per heavy atom. The smallest absolute Gasteiger partial charge is 0.134 e. The van der Waals surface area contributed by atoms with Gasteiger partial charge < -0.3 is 11.1 Å². The average molecular weight is 266 g/mol. The predicted octanol–water partition coefficient (Wildman–Crippen LogP) is 2.71. The lowest BCUT2D eigenvalue weighted by atomic mass is 10.1. The number of nitrogens with two attached hydrogens (primary N) is 1. The van der Waals surface area contributed by atoms with Gasteiger partial charge in [0.2, 0.25) is 0 Å². The van der Waals surface area contributed by atoms with Gasteiger partial charge in [0.05, 0.1) is 0 Å². The van der Waals surface area contributed by atoms with Gasteiger partial charge in [0.25, 0.3) is 0 Å². The van der Waals surface area contributed by atoms with Gasteiger partial charge >= 0.3 is 0 Å². The standard InChI is InChI=1S/C13H22N4S/c1-3-10-11(14)16-9-17-12(10)15-8-13(18-2)6-4-5-7-13/h9H,3-8H2,1-2H3,(H3,14,15,16,17). The summed E-state index contributed by atoms with van der Waals surface area (Å²) in [5, 5.41) is 3.49. The molecular weight excluding hydrogens is 244 g/mol. The first-order valence-electron chi connectivity index (χ1n) is 6.59. The minimum atomic E-state index is 0.380. The van der Waals surface area contributed by atoms with Crippen molar-refractivity contribution in [3.05, 3.63) is 11.9 Å². The van der Waals surface area contributed by atoms with Crippen LogP contribution in [0.1, 0.15) is 38.2 Å². The van der Waals surface area contributed by atoms with Crippen molar-refractivity contribution in [1.29, 1.82) is 0 Å². The molecule has 1 fully saturated rings. The molecule has 0 amide bonds. The summed E-state index contributed by atoms with van der Waals surface area (Å²) in [6.07, 6.45) is 9.89. The fourth-order valence-electron chi connectivity index (χ4n) is 2.64. The highest BCUT2D eigenvalue weighted by molar-refractivity contribution is 8.00. The molecule has 0 radical (unpaired) electrons. The monoisotopic (exact) mass is 266 g/mol.